The van der Waals surface area contributed by atoms with Gasteiger partial charge in [0.2, 0.25) is 0 Å². The number of H-pyrrole nitrogens is 2. The lowest BCUT2D eigenvalue weighted by Crippen LogP contribution is -2.19. The number of pyridine rings is 3. The predicted molar refractivity (Wildman–Crippen MR) is 153 cm³/mol. The molecule has 6 aromatic rings. The number of hydrogen-bond acceptors (Lipinski definition) is 7. The Hall–Kier alpha value is -4.37. The van der Waals surface area contributed by atoms with Crippen LogP contribution in [-0.2, 0) is 0 Å². The largest absolute Gasteiger partial charge is 0.489 e. The highest BCUT2D eigenvalue weighted by Crippen LogP contribution is 2.36. The highest BCUT2D eigenvalue weighted by atomic mass is 32.1. The third-order valence-electron chi connectivity index (χ3n) is 7.30. The molecule has 0 unspecified atom stereocenters. The van der Waals surface area contributed by atoms with E-state index in [1.54, 1.807) is 25.5 Å². The summed E-state index contributed by atoms with van der Waals surface area (Å²) in [6.07, 6.45) is 13.4. The number of aromatic nitrogens is 6. The Balaban J connectivity index is 1.25. The number of nitrogens with one attached hydrogen (secondary N) is 2. The standard InChI is InChI=1S/C30H26N6O2S/c1-17(37)27-7-8-28(39-27)30-21-13-25(34-23(21)9-10-32-30)29-22-12-24(33-16-26(22)35-36-29)18-11-20(15-31-14-18)38-19-5-3-2-4-6-19/h7-16,19,34H,2-6H2,1H3,(H,35,36). The summed E-state index contributed by atoms with van der Waals surface area (Å²) in [5.41, 5.74) is 6.02. The second-order valence-corrected chi connectivity index (χ2v) is 11.1. The van der Waals surface area contributed by atoms with E-state index in [9.17, 15) is 4.79 Å². The summed E-state index contributed by atoms with van der Waals surface area (Å²) in [5, 5.41) is 9.67. The van der Waals surface area contributed by atoms with Crippen molar-refractivity contribution in [3.8, 4) is 39.0 Å². The van der Waals surface area contributed by atoms with Crippen molar-refractivity contribution in [1.82, 2.24) is 30.1 Å². The molecule has 0 amide bonds. The molecule has 8 nitrogen and oxygen atoms in total. The maximum Gasteiger partial charge on any atom is 0.169 e. The molecule has 7 rings (SSSR count). The van der Waals surface area contributed by atoms with Gasteiger partial charge in [0.25, 0.3) is 0 Å². The van der Waals surface area contributed by atoms with Gasteiger partial charge in [0.05, 0.1) is 50.9 Å². The van der Waals surface area contributed by atoms with E-state index in [1.165, 1.54) is 30.6 Å². The second-order valence-electron chi connectivity index (χ2n) is 10.00. The number of fused-ring (bicyclic) bond motifs is 2. The molecule has 6 heterocycles. The van der Waals surface area contributed by atoms with Gasteiger partial charge in [0.1, 0.15) is 11.4 Å². The van der Waals surface area contributed by atoms with Crippen LogP contribution in [0.5, 0.6) is 5.75 Å². The minimum Gasteiger partial charge on any atom is -0.489 e. The van der Waals surface area contributed by atoms with Gasteiger partial charge in [-0.1, -0.05) is 6.42 Å². The number of nitrogens with zero attached hydrogens (tertiary/aromatic N) is 4. The summed E-state index contributed by atoms with van der Waals surface area (Å²) in [7, 11) is 0. The molecule has 1 saturated carbocycles. The van der Waals surface area contributed by atoms with E-state index in [2.05, 4.69) is 36.2 Å². The molecule has 0 atom stereocenters. The normalized spacial score (nSPS) is 14.3. The van der Waals surface area contributed by atoms with Gasteiger partial charge >= 0.3 is 0 Å². The molecule has 1 aliphatic carbocycles. The SMILES string of the molecule is CC(=O)c1ccc(-c2nccc3[nH]c(-c4n[nH]c5cnc(-c6cncc(OC7CCCCC7)c6)cc45)cc23)s1. The minimum atomic E-state index is 0.0573. The predicted octanol–water partition coefficient (Wildman–Crippen LogP) is 7.21. The lowest BCUT2D eigenvalue weighted by atomic mass is 9.98. The number of hydrogen-bond donors (Lipinski definition) is 2. The average molecular weight is 535 g/mol. The van der Waals surface area contributed by atoms with Crippen LogP contribution in [-0.4, -0.2) is 42.0 Å². The van der Waals surface area contributed by atoms with Crippen LogP contribution in [0.15, 0.2) is 61.2 Å². The highest BCUT2D eigenvalue weighted by molar-refractivity contribution is 7.17. The van der Waals surface area contributed by atoms with Crippen LogP contribution in [0, 0.1) is 0 Å². The number of ketones is 1. The van der Waals surface area contributed by atoms with Gasteiger partial charge in [0.15, 0.2) is 5.78 Å². The van der Waals surface area contributed by atoms with Crippen molar-refractivity contribution in [2.75, 3.05) is 0 Å². The number of thiophene rings is 1. The molecule has 0 bridgehead atoms. The van der Waals surface area contributed by atoms with E-state index in [4.69, 9.17) is 4.74 Å². The Labute approximate surface area is 228 Å². The smallest absolute Gasteiger partial charge is 0.169 e. The lowest BCUT2D eigenvalue weighted by Gasteiger charge is -2.22. The molecule has 2 N–H and O–H groups in total. The molecule has 9 heteroatoms. The first-order valence-electron chi connectivity index (χ1n) is 13.2. The summed E-state index contributed by atoms with van der Waals surface area (Å²) < 4.78 is 6.24. The van der Waals surface area contributed by atoms with E-state index >= 15 is 0 Å². The average Bonchev–Trinajstić information content (AvgIpc) is 3.71. The molecular formula is C30H26N6O2S. The van der Waals surface area contributed by atoms with Gasteiger partial charge in [-0.05, 0) is 69.0 Å². The lowest BCUT2D eigenvalue weighted by molar-refractivity contribution is 0.102. The zero-order chi connectivity index (χ0) is 26.3. The summed E-state index contributed by atoms with van der Waals surface area (Å²) in [5.74, 6) is 0.841. The number of rotatable bonds is 6. The maximum atomic E-state index is 11.8. The van der Waals surface area contributed by atoms with Crippen LogP contribution in [0.3, 0.4) is 0 Å². The van der Waals surface area contributed by atoms with Gasteiger partial charge < -0.3 is 9.72 Å². The van der Waals surface area contributed by atoms with Gasteiger partial charge in [-0.25, -0.2) is 0 Å². The topological polar surface area (TPSA) is 109 Å². The van der Waals surface area contributed by atoms with Crippen molar-refractivity contribution < 1.29 is 9.53 Å². The first kappa shape index (κ1) is 23.7. The van der Waals surface area contributed by atoms with E-state index in [0.717, 1.165) is 78.5 Å². The zero-order valence-corrected chi connectivity index (χ0v) is 22.2. The molecule has 0 spiro atoms. The summed E-state index contributed by atoms with van der Waals surface area (Å²) in [6, 6.07) is 11.9. The van der Waals surface area contributed by atoms with Crippen LogP contribution < -0.4 is 4.74 Å². The second kappa shape index (κ2) is 9.74. The molecule has 0 saturated heterocycles. The first-order chi connectivity index (χ1) is 19.1. The molecule has 0 aliphatic heterocycles. The fourth-order valence-electron chi connectivity index (χ4n) is 5.31. The molecule has 1 fully saturated rings. The number of aromatic amines is 2. The quantitative estimate of drug-likeness (QED) is 0.219. The summed E-state index contributed by atoms with van der Waals surface area (Å²) in [4.78, 5) is 30.8. The van der Waals surface area contributed by atoms with Crippen molar-refractivity contribution in [1.29, 1.82) is 0 Å². The van der Waals surface area contributed by atoms with Crippen LogP contribution in [0.1, 0.15) is 48.7 Å². The highest BCUT2D eigenvalue weighted by Gasteiger charge is 2.18. The van der Waals surface area contributed by atoms with Crippen molar-refractivity contribution in [2.45, 2.75) is 45.1 Å². The fourth-order valence-corrected chi connectivity index (χ4v) is 6.22. The number of carbonyl (C=O) groups excluding carboxylic acids is 1. The fraction of sp³-hybridized carbons (Fsp3) is 0.233. The van der Waals surface area contributed by atoms with E-state index < -0.39 is 0 Å². The van der Waals surface area contributed by atoms with Crippen molar-refractivity contribution in [3.63, 3.8) is 0 Å². The molecule has 194 valence electrons. The Morgan fingerprint density at radius 3 is 2.67 bits per heavy atom. The molecule has 0 radical (unpaired) electrons. The third-order valence-corrected chi connectivity index (χ3v) is 8.49. The van der Waals surface area contributed by atoms with Gasteiger partial charge in [-0.3, -0.25) is 24.8 Å². The van der Waals surface area contributed by atoms with Crippen LogP contribution >= 0.6 is 11.3 Å². The van der Waals surface area contributed by atoms with Gasteiger partial charge in [0, 0.05) is 34.2 Å². The number of carbonyl (C=O) groups is 1. The van der Waals surface area contributed by atoms with Crippen LogP contribution in [0.4, 0.5) is 0 Å². The Bertz CT molecular complexity index is 1830. The van der Waals surface area contributed by atoms with E-state index in [-0.39, 0.29) is 11.9 Å². The Morgan fingerprint density at radius 1 is 0.949 bits per heavy atom. The molecule has 6 aromatic heterocycles. The molecular weight excluding hydrogens is 508 g/mol. The molecule has 0 aromatic carbocycles. The minimum absolute atomic E-state index is 0.0573. The van der Waals surface area contributed by atoms with Crippen molar-refractivity contribution >= 4 is 38.9 Å². The summed E-state index contributed by atoms with van der Waals surface area (Å²) in [6.45, 7) is 1.58. The van der Waals surface area contributed by atoms with Crippen LogP contribution in [0.25, 0.3) is 55.0 Å². The Morgan fingerprint density at radius 2 is 1.82 bits per heavy atom. The number of ether oxygens (including phenoxy) is 1. The first-order valence-corrected chi connectivity index (χ1v) is 14.0. The molecule has 39 heavy (non-hydrogen) atoms. The number of Topliss-reactive ketones (excluding diaryl/α,β-unsaturated/α-hetero) is 1. The van der Waals surface area contributed by atoms with Crippen molar-refractivity contribution in [2.24, 2.45) is 0 Å². The Kier molecular flexibility index (Phi) is 5.93. The third kappa shape index (κ3) is 4.48. The monoisotopic (exact) mass is 534 g/mol. The van der Waals surface area contributed by atoms with Crippen molar-refractivity contribution in [3.05, 3.63) is 66.1 Å². The summed E-state index contributed by atoms with van der Waals surface area (Å²) >= 11 is 1.46. The van der Waals surface area contributed by atoms with E-state index in [0.29, 0.717) is 0 Å². The van der Waals surface area contributed by atoms with Gasteiger partial charge in [-0.15, -0.1) is 11.3 Å². The van der Waals surface area contributed by atoms with Crippen LogP contribution in [0.2, 0.25) is 0 Å². The van der Waals surface area contributed by atoms with Gasteiger partial charge in [-0.2, -0.15) is 5.10 Å². The zero-order valence-electron chi connectivity index (χ0n) is 21.4. The maximum absolute atomic E-state index is 11.8. The molecule has 1 aliphatic rings. The van der Waals surface area contributed by atoms with E-state index in [1.807, 2.05) is 36.5 Å².